The fourth-order valence-corrected chi connectivity index (χ4v) is 3.88. The summed E-state index contributed by atoms with van der Waals surface area (Å²) in [5, 5.41) is 3.60. The number of nitrogens with one attached hydrogen (secondary N) is 1. The summed E-state index contributed by atoms with van der Waals surface area (Å²) in [7, 11) is 0. The SMILES string of the molecule is NC(=O)c1cccc(CC2(c3ccc(Cl)cc3)C(=O)Nc3ccccc32)c1. The van der Waals surface area contributed by atoms with Crippen molar-refractivity contribution in [3.63, 3.8) is 0 Å². The van der Waals surface area contributed by atoms with Crippen molar-refractivity contribution in [3.05, 3.63) is 100 Å². The molecule has 1 aliphatic heterocycles. The molecule has 4 rings (SSSR count). The van der Waals surface area contributed by atoms with Gasteiger partial charge < -0.3 is 11.1 Å². The minimum Gasteiger partial charge on any atom is -0.366 e. The van der Waals surface area contributed by atoms with Gasteiger partial charge in [0.15, 0.2) is 0 Å². The quantitative estimate of drug-likeness (QED) is 0.724. The molecule has 3 aromatic carbocycles. The standard InChI is InChI=1S/C22H17ClN2O2/c23-17-10-8-16(9-11-17)22(13-14-4-3-5-15(12-14)20(24)26)18-6-1-2-7-19(18)25-21(22)27/h1-12H,13H2,(H2,24,26)(H,25,27). The lowest BCUT2D eigenvalue weighted by molar-refractivity contribution is -0.119. The normalized spacial score (nSPS) is 18.0. The third kappa shape index (κ3) is 2.88. The van der Waals surface area contributed by atoms with Gasteiger partial charge >= 0.3 is 0 Å². The van der Waals surface area contributed by atoms with E-state index in [2.05, 4.69) is 5.32 Å². The van der Waals surface area contributed by atoms with E-state index in [0.29, 0.717) is 17.0 Å². The largest absolute Gasteiger partial charge is 0.366 e. The Morgan fingerprint density at radius 1 is 1.00 bits per heavy atom. The first-order valence-corrected chi connectivity index (χ1v) is 8.94. The molecule has 0 spiro atoms. The van der Waals surface area contributed by atoms with Crippen molar-refractivity contribution >= 4 is 29.1 Å². The van der Waals surface area contributed by atoms with Gasteiger partial charge in [0.25, 0.3) is 0 Å². The first-order chi connectivity index (χ1) is 13.0. The lowest BCUT2D eigenvalue weighted by atomic mass is 9.71. The van der Waals surface area contributed by atoms with Crippen LogP contribution in [-0.2, 0) is 16.6 Å². The molecular formula is C22H17ClN2O2. The van der Waals surface area contributed by atoms with Crippen LogP contribution in [0.1, 0.15) is 27.0 Å². The summed E-state index contributed by atoms with van der Waals surface area (Å²) in [5.74, 6) is -0.593. The van der Waals surface area contributed by atoms with Crippen molar-refractivity contribution in [3.8, 4) is 0 Å². The maximum Gasteiger partial charge on any atom is 0.248 e. The number of anilines is 1. The van der Waals surface area contributed by atoms with Crippen molar-refractivity contribution in [1.82, 2.24) is 0 Å². The van der Waals surface area contributed by atoms with Crippen molar-refractivity contribution in [2.75, 3.05) is 5.32 Å². The Labute approximate surface area is 162 Å². The average molecular weight is 377 g/mol. The zero-order chi connectivity index (χ0) is 19.0. The molecule has 0 saturated carbocycles. The highest BCUT2D eigenvalue weighted by Crippen LogP contribution is 2.45. The molecule has 1 heterocycles. The number of benzene rings is 3. The molecule has 4 nitrogen and oxygen atoms in total. The molecule has 1 atom stereocenters. The number of rotatable bonds is 4. The highest BCUT2D eigenvalue weighted by molar-refractivity contribution is 6.30. The Kier molecular flexibility index (Phi) is 4.21. The second-order valence-corrected chi connectivity index (χ2v) is 7.09. The van der Waals surface area contributed by atoms with Crippen LogP contribution in [0.15, 0.2) is 72.8 Å². The van der Waals surface area contributed by atoms with E-state index < -0.39 is 11.3 Å². The summed E-state index contributed by atoms with van der Waals surface area (Å²) in [6, 6.07) is 22.1. The number of primary amides is 1. The third-order valence-electron chi connectivity index (χ3n) is 5.04. The van der Waals surface area contributed by atoms with E-state index in [0.717, 1.165) is 22.4 Å². The van der Waals surface area contributed by atoms with Gasteiger partial charge in [0.2, 0.25) is 11.8 Å². The van der Waals surface area contributed by atoms with Crippen LogP contribution in [0.5, 0.6) is 0 Å². The zero-order valence-corrected chi connectivity index (χ0v) is 15.2. The molecule has 0 fully saturated rings. The van der Waals surface area contributed by atoms with Crippen LogP contribution in [0.2, 0.25) is 5.02 Å². The predicted molar refractivity (Wildman–Crippen MR) is 106 cm³/mol. The Balaban J connectivity index is 1.90. The fourth-order valence-electron chi connectivity index (χ4n) is 3.75. The summed E-state index contributed by atoms with van der Waals surface area (Å²) in [4.78, 5) is 24.8. The van der Waals surface area contributed by atoms with E-state index in [1.165, 1.54) is 0 Å². The molecule has 0 aliphatic carbocycles. The Morgan fingerprint density at radius 2 is 1.74 bits per heavy atom. The first kappa shape index (κ1) is 17.3. The molecular weight excluding hydrogens is 360 g/mol. The van der Waals surface area contributed by atoms with Gasteiger partial charge in [-0.25, -0.2) is 0 Å². The Hall–Kier alpha value is -3.11. The van der Waals surface area contributed by atoms with Crippen LogP contribution in [0.3, 0.4) is 0 Å². The number of halogens is 1. The second-order valence-electron chi connectivity index (χ2n) is 6.65. The lowest BCUT2D eigenvalue weighted by Crippen LogP contribution is -2.38. The number of amides is 2. The number of hydrogen-bond acceptors (Lipinski definition) is 2. The van der Waals surface area contributed by atoms with Gasteiger partial charge in [-0.1, -0.05) is 54.1 Å². The maximum atomic E-state index is 13.2. The van der Waals surface area contributed by atoms with Gasteiger partial charge in [-0.3, -0.25) is 9.59 Å². The number of carbonyl (C=O) groups excluding carboxylic acids is 2. The van der Waals surface area contributed by atoms with Crippen molar-refractivity contribution in [2.24, 2.45) is 5.73 Å². The maximum absolute atomic E-state index is 13.2. The smallest absolute Gasteiger partial charge is 0.248 e. The van der Waals surface area contributed by atoms with Crippen LogP contribution < -0.4 is 11.1 Å². The highest BCUT2D eigenvalue weighted by atomic mass is 35.5. The van der Waals surface area contributed by atoms with E-state index >= 15 is 0 Å². The van der Waals surface area contributed by atoms with E-state index in [9.17, 15) is 9.59 Å². The lowest BCUT2D eigenvalue weighted by Gasteiger charge is -2.28. The highest BCUT2D eigenvalue weighted by Gasteiger charge is 2.48. The van der Waals surface area contributed by atoms with E-state index in [4.69, 9.17) is 17.3 Å². The van der Waals surface area contributed by atoms with Gasteiger partial charge in [-0.15, -0.1) is 0 Å². The van der Waals surface area contributed by atoms with Crippen LogP contribution in [-0.4, -0.2) is 11.8 Å². The second kappa shape index (κ2) is 6.56. The van der Waals surface area contributed by atoms with E-state index in [1.807, 2.05) is 42.5 Å². The molecule has 1 aliphatic rings. The van der Waals surface area contributed by atoms with Crippen LogP contribution >= 0.6 is 11.6 Å². The molecule has 134 valence electrons. The molecule has 3 N–H and O–H groups in total. The predicted octanol–water partition coefficient (Wildman–Crippen LogP) is 3.92. The molecule has 0 saturated heterocycles. The number of fused-ring (bicyclic) bond motifs is 1. The zero-order valence-electron chi connectivity index (χ0n) is 14.4. The fraction of sp³-hybridized carbons (Fsp3) is 0.0909. The topological polar surface area (TPSA) is 72.2 Å². The Morgan fingerprint density at radius 3 is 2.48 bits per heavy atom. The van der Waals surface area contributed by atoms with E-state index in [1.54, 1.807) is 30.3 Å². The molecule has 27 heavy (non-hydrogen) atoms. The molecule has 5 heteroatoms. The molecule has 3 aromatic rings. The van der Waals surface area contributed by atoms with Crippen LogP contribution in [0.25, 0.3) is 0 Å². The minimum absolute atomic E-state index is 0.101. The van der Waals surface area contributed by atoms with Crippen molar-refractivity contribution < 1.29 is 9.59 Å². The molecule has 0 radical (unpaired) electrons. The summed E-state index contributed by atoms with van der Waals surface area (Å²) < 4.78 is 0. The summed E-state index contributed by atoms with van der Waals surface area (Å²) in [6.45, 7) is 0. The number of nitrogens with two attached hydrogens (primary N) is 1. The monoisotopic (exact) mass is 376 g/mol. The van der Waals surface area contributed by atoms with Gasteiger partial charge in [0, 0.05) is 16.3 Å². The minimum atomic E-state index is -0.905. The number of hydrogen-bond donors (Lipinski definition) is 2. The summed E-state index contributed by atoms with van der Waals surface area (Å²) in [6.07, 6.45) is 0.401. The summed E-state index contributed by atoms with van der Waals surface area (Å²) >= 11 is 6.06. The van der Waals surface area contributed by atoms with E-state index in [-0.39, 0.29) is 5.91 Å². The third-order valence-corrected chi connectivity index (χ3v) is 5.29. The van der Waals surface area contributed by atoms with Gasteiger partial charge in [-0.2, -0.15) is 0 Å². The number of para-hydroxylation sites is 1. The van der Waals surface area contributed by atoms with Crippen molar-refractivity contribution in [2.45, 2.75) is 11.8 Å². The first-order valence-electron chi connectivity index (χ1n) is 8.56. The molecule has 0 aromatic heterocycles. The molecule has 1 unspecified atom stereocenters. The van der Waals surface area contributed by atoms with Gasteiger partial charge in [-0.05, 0) is 53.4 Å². The molecule has 2 amide bonds. The van der Waals surface area contributed by atoms with Crippen molar-refractivity contribution in [1.29, 1.82) is 0 Å². The summed E-state index contributed by atoms with van der Waals surface area (Å²) in [5.41, 5.74) is 8.34. The van der Waals surface area contributed by atoms with Crippen LogP contribution in [0.4, 0.5) is 5.69 Å². The number of carbonyl (C=O) groups is 2. The van der Waals surface area contributed by atoms with Crippen LogP contribution in [0, 0.1) is 0 Å². The Bertz CT molecular complexity index is 1050. The van der Waals surface area contributed by atoms with Gasteiger partial charge in [0.05, 0.1) is 0 Å². The average Bonchev–Trinajstić information content (AvgIpc) is 2.95. The molecule has 0 bridgehead atoms. The van der Waals surface area contributed by atoms with Gasteiger partial charge in [0.1, 0.15) is 5.41 Å².